The number of carboxylic acid groups (broad SMARTS) is 1. The van der Waals surface area contributed by atoms with Crippen molar-refractivity contribution in [2.45, 2.75) is 12.1 Å². The van der Waals surface area contributed by atoms with Crippen molar-refractivity contribution in [3.8, 4) is 0 Å². The van der Waals surface area contributed by atoms with Gasteiger partial charge in [0, 0.05) is 6.20 Å². The molecule has 1 aliphatic rings. The second kappa shape index (κ2) is 4.16. The fraction of sp³-hybridized carbons (Fsp3) is 0.222. The summed E-state index contributed by atoms with van der Waals surface area (Å²) in [6.45, 7) is 0. The number of hydrogen-bond acceptors (Lipinski definition) is 7. The van der Waals surface area contributed by atoms with Crippen LogP contribution in [0.4, 0.5) is 0 Å². The highest BCUT2D eigenvalue weighted by Crippen LogP contribution is 2.33. The van der Waals surface area contributed by atoms with Gasteiger partial charge in [-0.3, -0.25) is 4.98 Å². The van der Waals surface area contributed by atoms with Gasteiger partial charge in [-0.25, -0.2) is 4.79 Å². The fourth-order valence-corrected chi connectivity index (χ4v) is 1.37. The molecule has 1 aromatic heterocycles. The molecular weight excluding hydrogens is 226 g/mol. The van der Waals surface area contributed by atoms with Gasteiger partial charge in [0.2, 0.25) is 5.66 Å². The predicted molar refractivity (Wildman–Crippen MR) is 53.3 cm³/mol. The van der Waals surface area contributed by atoms with E-state index in [2.05, 4.69) is 25.7 Å². The lowest BCUT2D eigenvalue weighted by atomic mass is 10.0. The molecule has 1 aliphatic heterocycles. The first-order valence-corrected chi connectivity index (χ1v) is 4.65. The molecular formula is C9H7N5O3. The summed E-state index contributed by atoms with van der Waals surface area (Å²) in [6, 6.07) is 2.80. The molecule has 0 radical (unpaired) electrons. The van der Waals surface area contributed by atoms with Crippen molar-refractivity contribution in [1.29, 1.82) is 0 Å². The van der Waals surface area contributed by atoms with E-state index in [0.717, 1.165) is 0 Å². The lowest BCUT2D eigenvalue weighted by Crippen LogP contribution is -2.21. The SMILES string of the molecule is O=CCC1(c2ccc(C(=O)O)cn2)N=NN=N1. The summed E-state index contributed by atoms with van der Waals surface area (Å²) in [5.74, 6) is -1.08. The fourth-order valence-electron chi connectivity index (χ4n) is 1.37. The number of aromatic nitrogens is 1. The van der Waals surface area contributed by atoms with E-state index in [1.54, 1.807) is 0 Å². The third kappa shape index (κ3) is 1.92. The number of carbonyl (C=O) groups excluding carboxylic acids is 1. The minimum absolute atomic E-state index is 0.0422. The standard InChI is InChI=1S/C9H7N5O3/c15-4-3-9(11-13-14-12-9)7-2-1-6(5-10-7)8(16)17/h1-2,4-5H,3H2,(H,16,17). The number of hydrogen-bond donors (Lipinski definition) is 1. The van der Waals surface area contributed by atoms with Crippen LogP contribution < -0.4 is 0 Å². The van der Waals surface area contributed by atoms with E-state index in [1.165, 1.54) is 18.3 Å². The zero-order valence-corrected chi connectivity index (χ0v) is 8.52. The summed E-state index contributed by atoms with van der Waals surface area (Å²) >= 11 is 0. The van der Waals surface area contributed by atoms with Gasteiger partial charge >= 0.3 is 5.97 Å². The normalized spacial score (nSPS) is 16.0. The number of aldehydes is 1. The van der Waals surface area contributed by atoms with Crippen molar-refractivity contribution in [1.82, 2.24) is 4.98 Å². The number of rotatable bonds is 4. The highest BCUT2D eigenvalue weighted by Gasteiger charge is 2.36. The van der Waals surface area contributed by atoms with Gasteiger partial charge in [-0.2, -0.15) is 0 Å². The summed E-state index contributed by atoms with van der Waals surface area (Å²) < 4.78 is 0. The first-order valence-electron chi connectivity index (χ1n) is 4.65. The average molecular weight is 233 g/mol. The van der Waals surface area contributed by atoms with Gasteiger partial charge in [-0.15, -0.1) is 10.2 Å². The molecule has 0 amide bonds. The highest BCUT2D eigenvalue weighted by atomic mass is 16.4. The largest absolute Gasteiger partial charge is 0.478 e. The summed E-state index contributed by atoms with van der Waals surface area (Å²) in [5.41, 5.74) is -0.861. The number of pyridine rings is 1. The van der Waals surface area contributed by atoms with Crippen LogP contribution in [-0.2, 0) is 10.5 Å². The van der Waals surface area contributed by atoms with E-state index >= 15 is 0 Å². The Morgan fingerprint density at radius 2 is 2.06 bits per heavy atom. The number of nitrogens with zero attached hydrogens (tertiary/aromatic N) is 5. The van der Waals surface area contributed by atoms with Gasteiger partial charge in [0.25, 0.3) is 0 Å². The van der Waals surface area contributed by atoms with Gasteiger partial charge < -0.3 is 9.90 Å². The first-order chi connectivity index (χ1) is 8.18. The van der Waals surface area contributed by atoms with Crippen LogP contribution in [0, 0.1) is 0 Å². The summed E-state index contributed by atoms with van der Waals surface area (Å²) in [7, 11) is 0. The third-order valence-electron chi connectivity index (χ3n) is 2.25. The molecule has 0 saturated heterocycles. The van der Waals surface area contributed by atoms with Crippen molar-refractivity contribution < 1.29 is 14.7 Å². The molecule has 1 aromatic rings. The van der Waals surface area contributed by atoms with Crippen LogP contribution in [0.2, 0.25) is 0 Å². The van der Waals surface area contributed by atoms with Crippen molar-refractivity contribution >= 4 is 12.3 Å². The molecule has 0 aromatic carbocycles. The summed E-state index contributed by atoms with van der Waals surface area (Å²) in [5, 5.41) is 22.9. The zero-order valence-electron chi connectivity index (χ0n) is 8.52. The molecule has 8 nitrogen and oxygen atoms in total. The molecule has 2 rings (SSSR count). The maximum atomic E-state index is 10.7. The maximum absolute atomic E-state index is 10.7. The third-order valence-corrected chi connectivity index (χ3v) is 2.25. The molecule has 2 heterocycles. The average Bonchev–Trinajstić information content (AvgIpc) is 2.79. The Morgan fingerprint density at radius 1 is 1.35 bits per heavy atom. The quantitative estimate of drug-likeness (QED) is 0.789. The monoisotopic (exact) mass is 233 g/mol. The van der Waals surface area contributed by atoms with Gasteiger partial charge in [-0.1, -0.05) is 0 Å². The van der Waals surface area contributed by atoms with Crippen molar-refractivity contribution in [2.75, 3.05) is 0 Å². The minimum Gasteiger partial charge on any atom is -0.478 e. The van der Waals surface area contributed by atoms with E-state index in [9.17, 15) is 9.59 Å². The minimum atomic E-state index is -1.24. The van der Waals surface area contributed by atoms with Crippen LogP contribution in [0.15, 0.2) is 39.0 Å². The molecule has 1 N–H and O–H groups in total. The number of carboxylic acids is 1. The Balaban J connectivity index is 2.38. The molecule has 0 aliphatic carbocycles. The molecule has 0 fully saturated rings. The van der Waals surface area contributed by atoms with Crippen molar-refractivity contribution in [2.24, 2.45) is 20.7 Å². The Bertz CT molecular complexity index is 496. The topological polar surface area (TPSA) is 117 Å². The van der Waals surface area contributed by atoms with E-state index < -0.39 is 11.6 Å². The maximum Gasteiger partial charge on any atom is 0.337 e. The number of carbonyl (C=O) groups is 2. The first kappa shape index (κ1) is 11.0. The summed E-state index contributed by atoms with van der Waals surface area (Å²) in [4.78, 5) is 25.2. The van der Waals surface area contributed by atoms with Crippen LogP contribution in [0.3, 0.4) is 0 Å². The molecule has 0 saturated carbocycles. The number of aromatic carboxylic acids is 1. The van der Waals surface area contributed by atoms with Crippen LogP contribution in [0.5, 0.6) is 0 Å². The van der Waals surface area contributed by atoms with Crippen molar-refractivity contribution in [3.05, 3.63) is 29.6 Å². The van der Waals surface area contributed by atoms with Crippen LogP contribution in [-0.4, -0.2) is 22.3 Å². The van der Waals surface area contributed by atoms with Gasteiger partial charge in [0.15, 0.2) is 0 Å². The Hall–Kier alpha value is -2.51. The van der Waals surface area contributed by atoms with E-state index in [4.69, 9.17) is 5.11 Å². The lowest BCUT2D eigenvalue weighted by Gasteiger charge is -2.15. The van der Waals surface area contributed by atoms with Gasteiger partial charge in [0.05, 0.1) is 17.7 Å². The Labute approximate surface area is 95.1 Å². The lowest BCUT2D eigenvalue weighted by molar-refractivity contribution is -0.108. The molecule has 0 atom stereocenters. The summed E-state index contributed by atoms with van der Waals surface area (Å²) in [6.07, 6.45) is 1.77. The van der Waals surface area contributed by atoms with Gasteiger partial charge in [-0.05, 0) is 22.6 Å². The molecule has 86 valence electrons. The van der Waals surface area contributed by atoms with Gasteiger partial charge in [0.1, 0.15) is 6.29 Å². The smallest absolute Gasteiger partial charge is 0.337 e. The van der Waals surface area contributed by atoms with Crippen molar-refractivity contribution in [3.63, 3.8) is 0 Å². The molecule has 0 unspecified atom stereocenters. The second-order valence-electron chi connectivity index (χ2n) is 3.30. The zero-order chi connectivity index (χ0) is 12.3. The van der Waals surface area contributed by atoms with Crippen LogP contribution in [0.1, 0.15) is 22.5 Å². The molecule has 0 bridgehead atoms. The molecule has 17 heavy (non-hydrogen) atoms. The van der Waals surface area contributed by atoms with E-state index in [-0.39, 0.29) is 12.0 Å². The van der Waals surface area contributed by atoms with E-state index in [0.29, 0.717) is 12.0 Å². The Kier molecular flexibility index (Phi) is 2.69. The van der Waals surface area contributed by atoms with Crippen LogP contribution >= 0.6 is 0 Å². The Morgan fingerprint density at radius 3 is 2.53 bits per heavy atom. The predicted octanol–water partition coefficient (Wildman–Crippen LogP) is 1.35. The highest BCUT2D eigenvalue weighted by molar-refractivity contribution is 5.87. The second-order valence-corrected chi connectivity index (χ2v) is 3.30. The van der Waals surface area contributed by atoms with E-state index in [1.807, 2.05) is 0 Å². The molecule has 8 heteroatoms. The molecule has 0 spiro atoms. The van der Waals surface area contributed by atoms with Crippen LogP contribution in [0.25, 0.3) is 0 Å².